The topological polar surface area (TPSA) is 138 Å². The Balaban J connectivity index is 1.21. The molecule has 1 saturated carbocycles. The van der Waals surface area contributed by atoms with Gasteiger partial charge in [0.05, 0.1) is 31.8 Å². The Labute approximate surface area is 386 Å². The number of methoxy groups -OCH3 is 3. The highest BCUT2D eigenvalue weighted by atomic mass is 32.2. The molecule has 65 heavy (non-hydrogen) atoms. The number of likely N-dealkylation sites (tertiary alicyclic amines) is 1. The van der Waals surface area contributed by atoms with Crippen LogP contribution in [-0.2, 0) is 33.3 Å². The second-order valence-corrected chi connectivity index (χ2v) is 20.5. The summed E-state index contributed by atoms with van der Waals surface area (Å²) in [5.41, 5.74) is 1.84. The lowest BCUT2D eigenvalue weighted by Crippen LogP contribution is -2.79. The van der Waals surface area contributed by atoms with Crippen LogP contribution >= 0.6 is 11.8 Å². The number of benzene rings is 2. The van der Waals surface area contributed by atoms with Gasteiger partial charge >= 0.3 is 17.9 Å². The molecule has 6 heterocycles. The third-order valence-corrected chi connectivity index (χ3v) is 17.4. The molecule has 10 rings (SSSR count). The van der Waals surface area contributed by atoms with Crippen LogP contribution in [0.4, 0.5) is 0 Å². The zero-order valence-electron chi connectivity index (χ0n) is 38.3. The van der Waals surface area contributed by atoms with Crippen LogP contribution in [0.1, 0.15) is 52.0 Å². The van der Waals surface area contributed by atoms with Gasteiger partial charge in [-0.3, -0.25) is 19.4 Å². The number of carbonyl (C=O) groups is 3. The minimum atomic E-state index is -2.28. The number of hydrogen-bond donors (Lipinski definition) is 2. The fourth-order valence-electron chi connectivity index (χ4n) is 14.2. The van der Waals surface area contributed by atoms with Crippen LogP contribution in [0.15, 0.2) is 105 Å². The van der Waals surface area contributed by atoms with E-state index in [0.717, 1.165) is 62.6 Å². The van der Waals surface area contributed by atoms with Gasteiger partial charge in [0.1, 0.15) is 5.75 Å². The molecular weight excluding hydrogens is 841 g/mol. The summed E-state index contributed by atoms with van der Waals surface area (Å²) in [6.07, 6.45) is 11.5. The minimum Gasteiger partial charge on any atom is -0.508 e. The van der Waals surface area contributed by atoms with Gasteiger partial charge in [-0.25, -0.2) is 4.79 Å². The average molecular weight is 901 g/mol. The largest absolute Gasteiger partial charge is 0.508 e. The van der Waals surface area contributed by atoms with Crippen LogP contribution in [0.25, 0.3) is 5.57 Å². The van der Waals surface area contributed by atoms with Crippen molar-refractivity contribution in [2.24, 2.45) is 28.1 Å². The van der Waals surface area contributed by atoms with Crippen molar-refractivity contribution in [2.75, 3.05) is 61.1 Å². The molecule has 2 aromatic carbocycles. The molecule has 12 nitrogen and oxygen atoms in total. The highest BCUT2D eigenvalue weighted by Gasteiger charge is 2.81. The molecule has 2 aliphatic carbocycles. The lowest BCUT2D eigenvalue weighted by molar-refractivity contribution is -0.243. The van der Waals surface area contributed by atoms with Gasteiger partial charge in [0.2, 0.25) is 5.60 Å². The Morgan fingerprint density at radius 3 is 2.46 bits per heavy atom. The van der Waals surface area contributed by atoms with Crippen molar-refractivity contribution in [3.63, 3.8) is 0 Å². The number of likely N-dealkylation sites (N-methyl/N-ethyl adjacent to an activating group) is 1. The molecule has 2 aromatic rings. The van der Waals surface area contributed by atoms with Crippen molar-refractivity contribution in [1.29, 1.82) is 0 Å². The maximum Gasteiger partial charge on any atom is 0.344 e. The van der Waals surface area contributed by atoms with Gasteiger partial charge in [-0.05, 0) is 91.3 Å². The summed E-state index contributed by atoms with van der Waals surface area (Å²) in [6.45, 7) is 9.14. The minimum absolute atomic E-state index is 0.0288. The number of aromatic hydroxyl groups is 1. The van der Waals surface area contributed by atoms with E-state index in [-0.39, 0.29) is 23.7 Å². The van der Waals surface area contributed by atoms with Crippen LogP contribution in [-0.4, -0.2) is 141 Å². The Bertz CT molecular complexity index is 2520. The lowest BCUT2D eigenvalue weighted by Gasteiger charge is -2.63. The molecule has 341 valence electrons. The third-order valence-electron chi connectivity index (χ3n) is 16.4. The number of nitrogens with zero attached hydrogens (tertiary/aromatic N) is 3. The molecule has 3 fully saturated rings. The first kappa shape index (κ1) is 44.3. The zero-order chi connectivity index (χ0) is 45.8. The zero-order valence-corrected chi connectivity index (χ0v) is 39.2. The molecule has 0 amide bonds. The molecule has 0 aromatic heterocycles. The first-order valence-corrected chi connectivity index (χ1v) is 23.9. The molecule has 11 atom stereocenters. The molecule has 6 aliphatic heterocycles. The second kappa shape index (κ2) is 16.0. The summed E-state index contributed by atoms with van der Waals surface area (Å²) >= 11 is 1.58. The predicted octanol–water partition coefficient (Wildman–Crippen LogP) is 5.07. The highest BCUT2D eigenvalue weighted by molar-refractivity contribution is 7.99. The molecular formula is C51H59BN3O9S. The Morgan fingerprint density at radius 2 is 1.75 bits per heavy atom. The number of fused-ring (bicyclic) bond motifs is 5. The maximum atomic E-state index is 15.5. The molecule has 2 N–H and O–H groups in total. The number of aliphatic hydroxyl groups is 1. The van der Waals surface area contributed by atoms with E-state index in [1.54, 1.807) is 31.0 Å². The second-order valence-electron chi connectivity index (χ2n) is 19.4. The number of rotatable bonds is 9. The van der Waals surface area contributed by atoms with Crippen molar-refractivity contribution in [3.8, 4) is 5.75 Å². The van der Waals surface area contributed by atoms with Gasteiger partial charge in [-0.2, -0.15) is 0 Å². The summed E-state index contributed by atoms with van der Waals surface area (Å²) in [7, 11) is 8.54. The van der Waals surface area contributed by atoms with Crippen LogP contribution in [0.2, 0.25) is 0 Å². The number of esters is 3. The van der Waals surface area contributed by atoms with E-state index < -0.39 is 58.0 Å². The monoisotopic (exact) mass is 900 g/mol. The van der Waals surface area contributed by atoms with E-state index in [4.69, 9.17) is 18.9 Å². The standard InChI is InChI=1S/C51H59BN3O9S/c1-8-30-20-31-25-50(46(58)62-6,42-36(28-54(26-30)27-31)35-22-34(14-15-39(35)52-42)65-33-13-10-12-32(57)21-33)38-23-37-40(24-41(38)61-5)53(4)44-49(37)17-19-55-18-11-16-48(9-2,43(49)55)45(64-29(3)56)51(44,60)47(59)63-7/h10-16,20-24,31,38,41,43-45,57,60H,8-9,17-19,25-28H2,1-7H3/t31-,38?,41?,43+,44-,45-,48-,49-,50+,51+/m1/s1. The normalized spacial score (nSPS) is 36.3. The molecule has 8 aliphatic rings. The summed E-state index contributed by atoms with van der Waals surface area (Å²) < 4.78 is 24.3. The Hall–Kier alpha value is -4.60. The number of phenolic OH excluding ortho intramolecular Hbond substituents is 1. The molecule has 1 radical (unpaired) electrons. The first-order valence-electron chi connectivity index (χ1n) is 23.0. The number of ether oxygens (including phenoxy) is 4. The van der Waals surface area contributed by atoms with Gasteiger partial charge in [-0.1, -0.05) is 78.6 Å². The number of phenols is 1. The van der Waals surface area contributed by atoms with Crippen molar-refractivity contribution < 1.29 is 43.5 Å². The number of hydrogen-bond acceptors (Lipinski definition) is 13. The van der Waals surface area contributed by atoms with E-state index in [9.17, 15) is 19.8 Å². The van der Waals surface area contributed by atoms with E-state index in [0.29, 0.717) is 38.9 Å². The van der Waals surface area contributed by atoms with Gasteiger partial charge < -0.3 is 34.1 Å². The fourth-order valence-corrected chi connectivity index (χ4v) is 15.1. The van der Waals surface area contributed by atoms with Crippen molar-refractivity contribution in [2.45, 2.75) is 86.1 Å². The average Bonchev–Trinajstić information content (AvgIpc) is 3.94. The van der Waals surface area contributed by atoms with Crippen LogP contribution in [0.5, 0.6) is 5.75 Å². The quantitative estimate of drug-likeness (QED) is 0.150. The summed E-state index contributed by atoms with van der Waals surface area (Å²) in [4.78, 5) is 52.0. The Morgan fingerprint density at radius 1 is 0.969 bits per heavy atom. The SMILES string of the molecule is CCC1=C[C@H]2CN(C1)CC1=C([B]c3ccc(Sc4cccc(O)c4)cc31)[C@@](C(=O)OC)(C1C=C3C(=CC1OC)N(C)[C@H]1[C@@](O)(C(=O)OC)[C@H](OC(C)=O)[C@]4(CC)C=CCN5CC[C@]31[C@@H]54)C2. The summed E-state index contributed by atoms with van der Waals surface area (Å²) in [6, 6.07) is 12.5. The molecule has 3 unspecified atom stereocenters. The van der Waals surface area contributed by atoms with E-state index in [1.807, 2.05) is 31.0 Å². The van der Waals surface area contributed by atoms with Crippen LogP contribution in [0.3, 0.4) is 0 Å². The van der Waals surface area contributed by atoms with Crippen molar-refractivity contribution in [1.82, 2.24) is 14.7 Å². The van der Waals surface area contributed by atoms with E-state index >= 15 is 4.79 Å². The predicted molar refractivity (Wildman–Crippen MR) is 247 cm³/mol. The van der Waals surface area contributed by atoms with Gasteiger partial charge in [-0.15, -0.1) is 0 Å². The van der Waals surface area contributed by atoms with Crippen LogP contribution < -0.4 is 5.46 Å². The molecule has 2 saturated heterocycles. The summed E-state index contributed by atoms with van der Waals surface area (Å²) in [5, 5.41) is 23.7. The van der Waals surface area contributed by atoms with Crippen LogP contribution in [0, 0.1) is 28.1 Å². The van der Waals surface area contributed by atoms with Gasteiger partial charge in [0.25, 0.3) is 0 Å². The number of carbonyl (C=O) groups excluding carboxylic acids is 3. The first-order chi connectivity index (χ1) is 31.2. The molecule has 14 heteroatoms. The lowest BCUT2D eigenvalue weighted by atomic mass is 9.46. The van der Waals surface area contributed by atoms with E-state index in [1.165, 1.54) is 26.7 Å². The van der Waals surface area contributed by atoms with Gasteiger partial charge in [0.15, 0.2) is 13.4 Å². The van der Waals surface area contributed by atoms with Crippen molar-refractivity contribution in [3.05, 3.63) is 101 Å². The maximum absolute atomic E-state index is 15.5. The Kier molecular flexibility index (Phi) is 10.9. The fraction of sp³-hybridized carbons (Fsp3) is 0.510. The third kappa shape index (κ3) is 6.22. The van der Waals surface area contributed by atoms with Crippen molar-refractivity contribution >= 4 is 48.0 Å². The molecule has 1 spiro atoms. The van der Waals surface area contributed by atoms with Gasteiger partial charge in [0, 0.05) is 85.5 Å². The smallest absolute Gasteiger partial charge is 0.344 e. The number of allylic oxidation sites excluding steroid dienone is 1. The van der Waals surface area contributed by atoms with E-state index in [2.05, 4.69) is 72.6 Å². The summed E-state index contributed by atoms with van der Waals surface area (Å²) in [5.74, 6) is -2.13. The highest BCUT2D eigenvalue weighted by Crippen LogP contribution is 2.70. The molecule has 2 bridgehead atoms.